The zero-order valence-electron chi connectivity index (χ0n) is 22.6. The minimum Gasteiger partial charge on any atom is -0.333 e. The van der Waals surface area contributed by atoms with Crippen LogP contribution in [0.3, 0.4) is 0 Å². The van der Waals surface area contributed by atoms with E-state index in [0.29, 0.717) is 0 Å². The molecule has 0 radical (unpaired) electrons. The van der Waals surface area contributed by atoms with E-state index in [0.717, 1.165) is 0 Å². The van der Waals surface area contributed by atoms with Crippen molar-refractivity contribution in [3.63, 3.8) is 0 Å². The summed E-state index contributed by atoms with van der Waals surface area (Å²) in [5.41, 5.74) is 12.6. The van der Waals surface area contributed by atoms with Gasteiger partial charge in [-0.05, 0) is 90.2 Å². The number of aryl methyl sites for hydroxylation is 2. The number of fused-ring (bicyclic) bond motifs is 6. The molecule has 1 aliphatic carbocycles. The molecule has 0 bridgehead atoms. The molecule has 40 heavy (non-hydrogen) atoms. The van der Waals surface area contributed by atoms with Gasteiger partial charge in [0.1, 0.15) is 0 Å². The number of hydrogen-bond donors (Lipinski definition) is 0. The van der Waals surface area contributed by atoms with E-state index in [-0.39, 0.29) is 12.0 Å². The van der Waals surface area contributed by atoms with Gasteiger partial charge in [0, 0.05) is 27.8 Å². The molecule has 5 aromatic carbocycles. The van der Waals surface area contributed by atoms with Crippen molar-refractivity contribution >= 4 is 33.2 Å². The molecule has 2 heterocycles. The van der Waals surface area contributed by atoms with E-state index >= 15 is 0 Å². The van der Waals surface area contributed by atoms with Crippen LogP contribution in [-0.2, 0) is 0 Å². The van der Waals surface area contributed by atoms with Gasteiger partial charge in [0.25, 0.3) is 0 Å². The molecule has 8 rings (SSSR count). The van der Waals surface area contributed by atoms with E-state index < -0.39 is 0 Å². The second-order valence-electron chi connectivity index (χ2n) is 10.9. The first-order valence-corrected chi connectivity index (χ1v) is 14.0. The Kier molecular flexibility index (Phi) is 5.03. The predicted molar refractivity (Wildman–Crippen MR) is 168 cm³/mol. The van der Waals surface area contributed by atoms with Crippen molar-refractivity contribution < 1.29 is 0 Å². The van der Waals surface area contributed by atoms with Crippen LogP contribution in [0.25, 0.3) is 38.6 Å². The normalized spacial score (nSPS) is 17.1. The Morgan fingerprint density at radius 2 is 1.23 bits per heavy atom. The SMILES string of the molecule is Cc1cc(N2c3ccccc3C3C#CC=CC32)ccc1-c1ccc(-n2c3ccccc3c3ccccc32)cc1C. The fourth-order valence-electron chi connectivity index (χ4n) is 6.81. The van der Waals surface area contributed by atoms with E-state index in [2.05, 4.69) is 150 Å². The van der Waals surface area contributed by atoms with Crippen molar-refractivity contribution in [3.8, 4) is 28.7 Å². The lowest BCUT2D eigenvalue weighted by molar-refractivity contribution is 0.766. The van der Waals surface area contributed by atoms with E-state index in [1.165, 1.54) is 66.7 Å². The molecular formula is C38H28N2. The highest BCUT2D eigenvalue weighted by molar-refractivity contribution is 6.09. The molecule has 1 aromatic heterocycles. The van der Waals surface area contributed by atoms with Crippen molar-refractivity contribution in [2.75, 3.05) is 4.90 Å². The smallest absolute Gasteiger partial charge is 0.0719 e. The highest BCUT2D eigenvalue weighted by Gasteiger charge is 2.37. The second kappa shape index (κ2) is 8.76. The van der Waals surface area contributed by atoms with Crippen LogP contribution in [0.2, 0.25) is 0 Å². The average molecular weight is 513 g/mol. The molecule has 2 atom stereocenters. The van der Waals surface area contributed by atoms with E-state index in [4.69, 9.17) is 0 Å². The van der Waals surface area contributed by atoms with Gasteiger partial charge in [-0.25, -0.2) is 0 Å². The molecule has 1 aliphatic heterocycles. The lowest BCUT2D eigenvalue weighted by atomic mass is 9.93. The Balaban J connectivity index is 1.20. The highest BCUT2D eigenvalue weighted by atomic mass is 15.2. The van der Waals surface area contributed by atoms with E-state index in [1.54, 1.807) is 0 Å². The quantitative estimate of drug-likeness (QED) is 0.215. The molecule has 0 saturated heterocycles. The largest absolute Gasteiger partial charge is 0.333 e. The summed E-state index contributed by atoms with van der Waals surface area (Å²) in [7, 11) is 0. The fraction of sp³-hybridized carbons (Fsp3) is 0.105. The van der Waals surface area contributed by atoms with Crippen LogP contribution >= 0.6 is 0 Å². The van der Waals surface area contributed by atoms with Gasteiger partial charge < -0.3 is 9.47 Å². The van der Waals surface area contributed by atoms with Crippen LogP contribution < -0.4 is 4.90 Å². The van der Waals surface area contributed by atoms with Crippen LogP contribution in [0.5, 0.6) is 0 Å². The third-order valence-corrected chi connectivity index (χ3v) is 8.61. The van der Waals surface area contributed by atoms with E-state index in [1.807, 2.05) is 6.08 Å². The summed E-state index contributed by atoms with van der Waals surface area (Å²) in [6, 6.07) is 40.1. The Labute approximate surface area is 234 Å². The maximum absolute atomic E-state index is 3.45. The van der Waals surface area contributed by atoms with Gasteiger partial charge in [0.05, 0.1) is 23.0 Å². The van der Waals surface area contributed by atoms with Gasteiger partial charge in [-0.1, -0.05) is 84.6 Å². The third kappa shape index (κ3) is 3.31. The van der Waals surface area contributed by atoms with Gasteiger partial charge in [-0.3, -0.25) is 0 Å². The number of hydrogen-bond acceptors (Lipinski definition) is 1. The molecular weight excluding hydrogens is 484 g/mol. The molecule has 0 saturated carbocycles. The minimum absolute atomic E-state index is 0.219. The summed E-state index contributed by atoms with van der Waals surface area (Å²) < 4.78 is 2.39. The topological polar surface area (TPSA) is 8.17 Å². The number of benzene rings is 5. The van der Waals surface area contributed by atoms with Crippen molar-refractivity contribution in [1.29, 1.82) is 0 Å². The first-order valence-electron chi connectivity index (χ1n) is 14.0. The van der Waals surface area contributed by atoms with Crippen molar-refractivity contribution in [1.82, 2.24) is 4.57 Å². The summed E-state index contributed by atoms with van der Waals surface area (Å²) in [6.07, 6.45) is 4.26. The molecule has 6 aromatic rings. The molecule has 2 heteroatoms. The highest BCUT2D eigenvalue weighted by Crippen LogP contribution is 2.47. The second-order valence-corrected chi connectivity index (χ2v) is 10.9. The molecule has 0 fully saturated rings. The average Bonchev–Trinajstić information content (AvgIpc) is 3.51. The van der Waals surface area contributed by atoms with Crippen molar-refractivity contribution in [2.24, 2.45) is 0 Å². The lowest BCUT2D eigenvalue weighted by Gasteiger charge is -2.28. The predicted octanol–water partition coefficient (Wildman–Crippen LogP) is 9.24. The van der Waals surface area contributed by atoms with Crippen LogP contribution in [0, 0.1) is 25.7 Å². The van der Waals surface area contributed by atoms with Gasteiger partial charge in [-0.2, -0.15) is 0 Å². The van der Waals surface area contributed by atoms with Crippen LogP contribution in [0.1, 0.15) is 22.6 Å². The number of para-hydroxylation sites is 3. The Morgan fingerprint density at radius 3 is 1.93 bits per heavy atom. The van der Waals surface area contributed by atoms with Crippen LogP contribution in [0.4, 0.5) is 11.4 Å². The fourth-order valence-corrected chi connectivity index (χ4v) is 6.81. The molecule has 0 amide bonds. The van der Waals surface area contributed by atoms with E-state index in [9.17, 15) is 0 Å². The molecule has 0 N–H and O–H groups in total. The number of anilines is 2. The van der Waals surface area contributed by atoms with Gasteiger partial charge >= 0.3 is 0 Å². The first kappa shape index (κ1) is 22.9. The number of aromatic nitrogens is 1. The minimum atomic E-state index is 0.219. The van der Waals surface area contributed by atoms with Crippen LogP contribution in [0.15, 0.2) is 121 Å². The molecule has 2 nitrogen and oxygen atoms in total. The van der Waals surface area contributed by atoms with Crippen molar-refractivity contribution in [3.05, 3.63) is 138 Å². The summed E-state index contributed by atoms with van der Waals surface area (Å²) >= 11 is 0. The zero-order chi connectivity index (χ0) is 26.8. The number of nitrogens with zero attached hydrogens (tertiary/aromatic N) is 2. The summed E-state index contributed by atoms with van der Waals surface area (Å²) in [5.74, 6) is 6.87. The summed E-state index contributed by atoms with van der Waals surface area (Å²) in [6.45, 7) is 4.46. The standard InChI is InChI=1S/C38H28N2/c1-25-23-27(39-35-15-7-3-11-31(35)32-12-4-8-16-36(32)39)19-21-29(25)30-22-20-28(24-26(30)2)40-37-17-9-5-13-33(37)34-14-6-10-18-38(34)40/h3-5,7-13,15-24,34,38H,1-2H3. The summed E-state index contributed by atoms with van der Waals surface area (Å²) in [5, 5.41) is 2.58. The Morgan fingerprint density at radius 1 is 0.625 bits per heavy atom. The van der Waals surface area contributed by atoms with Crippen LogP contribution in [-0.4, -0.2) is 10.6 Å². The lowest BCUT2D eigenvalue weighted by Crippen LogP contribution is -2.28. The van der Waals surface area contributed by atoms with Gasteiger partial charge in [0.15, 0.2) is 0 Å². The maximum atomic E-state index is 3.45. The molecule has 0 spiro atoms. The third-order valence-electron chi connectivity index (χ3n) is 8.61. The molecule has 2 unspecified atom stereocenters. The summed E-state index contributed by atoms with van der Waals surface area (Å²) in [4.78, 5) is 2.46. The number of allylic oxidation sites excluding steroid dienone is 1. The Hall–Kier alpha value is -5.00. The Bertz CT molecular complexity index is 2010. The first-order chi connectivity index (χ1) is 19.7. The maximum Gasteiger partial charge on any atom is 0.0719 e. The molecule has 190 valence electrons. The van der Waals surface area contributed by atoms with Gasteiger partial charge in [-0.15, -0.1) is 0 Å². The number of rotatable bonds is 3. The molecule has 2 aliphatic rings. The van der Waals surface area contributed by atoms with Gasteiger partial charge in [0.2, 0.25) is 0 Å². The van der Waals surface area contributed by atoms with Crippen molar-refractivity contribution in [2.45, 2.75) is 25.8 Å². The zero-order valence-corrected chi connectivity index (χ0v) is 22.6. The monoisotopic (exact) mass is 512 g/mol.